The zero-order chi connectivity index (χ0) is 17.6. The van der Waals surface area contributed by atoms with Gasteiger partial charge in [0.1, 0.15) is 12.4 Å². The van der Waals surface area contributed by atoms with Crippen molar-refractivity contribution < 1.29 is 4.74 Å². The van der Waals surface area contributed by atoms with E-state index in [9.17, 15) is 0 Å². The van der Waals surface area contributed by atoms with E-state index in [4.69, 9.17) is 16.3 Å². The van der Waals surface area contributed by atoms with Crippen molar-refractivity contribution in [3.8, 4) is 5.75 Å². The van der Waals surface area contributed by atoms with Crippen molar-refractivity contribution in [3.05, 3.63) is 63.1 Å². The van der Waals surface area contributed by atoms with Gasteiger partial charge in [-0.3, -0.25) is 0 Å². The highest BCUT2D eigenvalue weighted by molar-refractivity contribution is 9.10. The number of benzene rings is 2. The Kier molecular flexibility index (Phi) is 5.88. The van der Waals surface area contributed by atoms with Gasteiger partial charge in [0.15, 0.2) is 0 Å². The van der Waals surface area contributed by atoms with Crippen molar-refractivity contribution >= 4 is 33.5 Å². The molecule has 6 nitrogen and oxygen atoms in total. The van der Waals surface area contributed by atoms with Crippen LogP contribution in [0.15, 0.2) is 46.9 Å². The highest BCUT2D eigenvalue weighted by Crippen LogP contribution is 2.25. The van der Waals surface area contributed by atoms with Gasteiger partial charge >= 0.3 is 0 Å². The van der Waals surface area contributed by atoms with E-state index in [1.54, 1.807) is 4.68 Å². The molecule has 0 amide bonds. The Hall–Kier alpha value is -2.12. The Morgan fingerprint density at radius 2 is 2.12 bits per heavy atom. The fourth-order valence-corrected chi connectivity index (χ4v) is 2.95. The molecule has 0 bridgehead atoms. The minimum atomic E-state index is 0.446. The molecule has 130 valence electrons. The summed E-state index contributed by atoms with van der Waals surface area (Å²) in [6, 6.07) is 13.5. The van der Waals surface area contributed by atoms with Crippen molar-refractivity contribution in [1.29, 1.82) is 0 Å². The quantitative estimate of drug-likeness (QED) is 0.615. The number of rotatable bonds is 7. The fraction of sp³-hybridized carbons (Fsp3) is 0.235. The number of anilines is 1. The largest absolute Gasteiger partial charge is 0.489 e. The van der Waals surface area contributed by atoms with E-state index in [1.165, 1.54) is 0 Å². The number of aromatic nitrogens is 4. The smallest absolute Gasteiger partial charge is 0.243 e. The lowest BCUT2D eigenvalue weighted by atomic mass is 10.2. The average Bonchev–Trinajstić information content (AvgIpc) is 3.06. The molecule has 0 atom stereocenters. The van der Waals surface area contributed by atoms with Gasteiger partial charge in [-0.25, -0.2) is 4.68 Å². The van der Waals surface area contributed by atoms with Crippen molar-refractivity contribution in [3.63, 3.8) is 0 Å². The van der Waals surface area contributed by atoms with Crippen LogP contribution in [-0.4, -0.2) is 20.2 Å². The van der Waals surface area contributed by atoms with E-state index < -0.39 is 0 Å². The maximum Gasteiger partial charge on any atom is 0.243 e. The Morgan fingerprint density at radius 3 is 2.92 bits per heavy atom. The summed E-state index contributed by atoms with van der Waals surface area (Å²) in [4.78, 5) is 0. The van der Waals surface area contributed by atoms with Crippen LogP contribution in [0.4, 0.5) is 5.95 Å². The van der Waals surface area contributed by atoms with E-state index in [-0.39, 0.29) is 0 Å². The lowest BCUT2D eigenvalue weighted by Crippen LogP contribution is -2.09. The molecular formula is C17H17BrClN5O. The number of ether oxygens (including phenoxy) is 1. The van der Waals surface area contributed by atoms with E-state index >= 15 is 0 Å². The number of nitrogens with one attached hydrogen (secondary N) is 1. The van der Waals surface area contributed by atoms with E-state index in [0.29, 0.717) is 30.7 Å². The summed E-state index contributed by atoms with van der Waals surface area (Å²) in [5, 5.41) is 15.5. The predicted octanol–water partition coefficient (Wildman–Crippen LogP) is 4.30. The van der Waals surface area contributed by atoms with Crippen molar-refractivity contribution in [2.24, 2.45) is 0 Å². The van der Waals surface area contributed by atoms with Crippen LogP contribution in [0, 0.1) is 0 Å². The number of nitrogens with zero attached hydrogens (tertiary/aromatic N) is 4. The molecule has 1 N–H and O–H groups in total. The first-order chi connectivity index (χ1) is 12.2. The zero-order valence-electron chi connectivity index (χ0n) is 13.6. The lowest BCUT2D eigenvalue weighted by Gasteiger charge is -2.13. The molecule has 0 aliphatic heterocycles. The minimum Gasteiger partial charge on any atom is -0.489 e. The molecule has 0 saturated heterocycles. The van der Waals surface area contributed by atoms with Crippen LogP contribution in [0.25, 0.3) is 0 Å². The summed E-state index contributed by atoms with van der Waals surface area (Å²) in [7, 11) is 0. The third-order valence-electron chi connectivity index (χ3n) is 3.57. The maximum atomic E-state index is 6.02. The summed E-state index contributed by atoms with van der Waals surface area (Å²) < 4.78 is 8.66. The second-order valence-electron chi connectivity index (χ2n) is 5.34. The third kappa shape index (κ3) is 4.70. The standard InChI is InChI=1S/C17H17BrClN5O/c1-2-24-17(21-22-23-24)20-10-13-9-14(18)6-7-16(13)25-11-12-4-3-5-15(19)8-12/h3-9H,2,10-11H2,1H3,(H,20,21,23). The molecule has 0 fully saturated rings. The SMILES string of the molecule is CCn1nnnc1NCc1cc(Br)ccc1OCc1cccc(Cl)c1. The first-order valence-corrected chi connectivity index (χ1v) is 8.98. The summed E-state index contributed by atoms with van der Waals surface area (Å²) >= 11 is 9.52. The number of halogens is 2. The second-order valence-corrected chi connectivity index (χ2v) is 6.69. The Balaban J connectivity index is 1.71. The van der Waals surface area contributed by atoms with Crippen LogP contribution in [-0.2, 0) is 19.7 Å². The number of hydrogen-bond acceptors (Lipinski definition) is 5. The molecule has 25 heavy (non-hydrogen) atoms. The number of hydrogen-bond donors (Lipinski definition) is 1. The predicted molar refractivity (Wildman–Crippen MR) is 101 cm³/mol. The maximum absolute atomic E-state index is 6.02. The molecule has 0 spiro atoms. The van der Waals surface area contributed by atoms with Gasteiger partial charge in [-0.15, -0.1) is 0 Å². The molecule has 0 radical (unpaired) electrons. The highest BCUT2D eigenvalue weighted by atomic mass is 79.9. The first kappa shape index (κ1) is 17.7. The summed E-state index contributed by atoms with van der Waals surface area (Å²) in [6.07, 6.45) is 0. The van der Waals surface area contributed by atoms with Crippen molar-refractivity contribution in [2.45, 2.75) is 26.6 Å². The van der Waals surface area contributed by atoms with Gasteiger partial charge in [0.25, 0.3) is 0 Å². The Labute approximate surface area is 159 Å². The van der Waals surface area contributed by atoms with Gasteiger partial charge in [-0.2, -0.15) is 0 Å². The van der Waals surface area contributed by atoms with Crippen LogP contribution in [0.2, 0.25) is 5.02 Å². The molecule has 3 aromatic rings. The van der Waals surface area contributed by atoms with Crippen LogP contribution >= 0.6 is 27.5 Å². The molecule has 0 aliphatic carbocycles. The normalized spacial score (nSPS) is 10.7. The molecule has 8 heteroatoms. The molecule has 1 heterocycles. The lowest BCUT2D eigenvalue weighted by molar-refractivity contribution is 0.303. The molecule has 0 unspecified atom stereocenters. The monoisotopic (exact) mass is 421 g/mol. The Bertz CT molecular complexity index is 855. The summed E-state index contributed by atoms with van der Waals surface area (Å²) in [6.45, 7) is 3.68. The molecule has 0 aliphatic rings. The van der Waals surface area contributed by atoms with Crippen molar-refractivity contribution in [2.75, 3.05) is 5.32 Å². The van der Waals surface area contributed by atoms with Gasteiger partial charge in [0.05, 0.1) is 0 Å². The molecule has 3 rings (SSSR count). The molecule has 1 aromatic heterocycles. The van der Waals surface area contributed by atoms with Crippen LogP contribution in [0.5, 0.6) is 5.75 Å². The van der Waals surface area contributed by atoms with E-state index in [1.807, 2.05) is 49.4 Å². The summed E-state index contributed by atoms with van der Waals surface area (Å²) in [5.41, 5.74) is 2.02. The highest BCUT2D eigenvalue weighted by Gasteiger charge is 2.09. The number of aryl methyl sites for hydroxylation is 1. The molecular weight excluding hydrogens is 406 g/mol. The average molecular weight is 423 g/mol. The summed E-state index contributed by atoms with van der Waals surface area (Å²) in [5.74, 6) is 1.43. The topological polar surface area (TPSA) is 64.9 Å². The van der Waals surface area contributed by atoms with Gasteiger partial charge in [-0.1, -0.05) is 44.8 Å². The van der Waals surface area contributed by atoms with E-state index in [0.717, 1.165) is 21.3 Å². The second kappa shape index (κ2) is 8.31. The minimum absolute atomic E-state index is 0.446. The van der Waals surface area contributed by atoms with Gasteiger partial charge < -0.3 is 10.1 Å². The van der Waals surface area contributed by atoms with Crippen LogP contribution in [0.1, 0.15) is 18.1 Å². The zero-order valence-corrected chi connectivity index (χ0v) is 16.0. The molecule has 2 aromatic carbocycles. The number of tetrazole rings is 1. The van der Waals surface area contributed by atoms with Gasteiger partial charge in [0.2, 0.25) is 5.95 Å². The van der Waals surface area contributed by atoms with Gasteiger partial charge in [-0.05, 0) is 53.2 Å². The van der Waals surface area contributed by atoms with Crippen LogP contribution in [0.3, 0.4) is 0 Å². The Morgan fingerprint density at radius 1 is 1.24 bits per heavy atom. The van der Waals surface area contributed by atoms with Crippen molar-refractivity contribution in [1.82, 2.24) is 20.2 Å². The third-order valence-corrected chi connectivity index (χ3v) is 4.30. The van der Waals surface area contributed by atoms with Gasteiger partial charge in [0, 0.05) is 28.1 Å². The first-order valence-electron chi connectivity index (χ1n) is 7.81. The van der Waals surface area contributed by atoms with E-state index in [2.05, 4.69) is 36.8 Å². The molecule has 0 saturated carbocycles. The van der Waals surface area contributed by atoms with Crippen LogP contribution < -0.4 is 10.1 Å². The fourth-order valence-electron chi connectivity index (χ4n) is 2.33.